The molecule has 0 bridgehead atoms. The van der Waals surface area contributed by atoms with E-state index in [1.165, 1.54) is 56.1 Å². The van der Waals surface area contributed by atoms with Gasteiger partial charge in [-0.2, -0.15) is 0 Å². The Labute approximate surface area is 245 Å². The van der Waals surface area contributed by atoms with Crippen molar-refractivity contribution in [1.82, 2.24) is 4.23 Å². The van der Waals surface area contributed by atoms with Crippen LogP contribution in [0.4, 0.5) is 0 Å². The van der Waals surface area contributed by atoms with Crippen LogP contribution in [0.3, 0.4) is 0 Å². The highest BCUT2D eigenvalue weighted by molar-refractivity contribution is 7.13. The van der Waals surface area contributed by atoms with E-state index in [0.717, 1.165) is 18.6 Å². The van der Waals surface area contributed by atoms with E-state index in [9.17, 15) is 0 Å². The van der Waals surface area contributed by atoms with Gasteiger partial charge < -0.3 is 8.97 Å². The fraction of sp³-hybridized carbons (Fsp3) is 0.389. The molecule has 6 rings (SSSR count). The molecule has 0 saturated carbocycles. The van der Waals surface area contributed by atoms with Gasteiger partial charge in [0.1, 0.15) is 5.75 Å². The Morgan fingerprint density at radius 1 is 0.750 bits per heavy atom. The maximum Gasteiger partial charge on any atom is 0.169 e. The molecule has 0 atom stereocenters. The Morgan fingerprint density at radius 3 is 1.98 bits per heavy atom. The van der Waals surface area contributed by atoms with Gasteiger partial charge >= 0.3 is 0 Å². The number of methoxy groups -OCH3 is 1. The van der Waals surface area contributed by atoms with Gasteiger partial charge in [-0.3, -0.25) is 0 Å². The van der Waals surface area contributed by atoms with E-state index in [1.54, 1.807) is 18.2 Å². The van der Waals surface area contributed by atoms with Gasteiger partial charge in [0.05, 0.1) is 7.11 Å². The first-order valence-corrected chi connectivity index (χ1v) is 18.2. The third-order valence-corrected chi connectivity index (χ3v) is 17.5. The van der Waals surface area contributed by atoms with Crippen molar-refractivity contribution < 1.29 is 4.74 Å². The zero-order chi connectivity index (χ0) is 28.2. The lowest BCUT2D eigenvalue weighted by Crippen LogP contribution is -2.51. The molecule has 0 N–H and O–H groups in total. The molecule has 0 saturated heterocycles. The average Bonchev–Trinajstić information content (AvgIpc) is 3.62. The summed E-state index contributed by atoms with van der Waals surface area (Å²) in [5.41, 5.74) is 10.7. The number of fused-ring (bicyclic) bond motifs is 4. The van der Waals surface area contributed by atoms with Crippen molar-refractivity contribution in [2.75, 3.05) is 7.11 Å². The number of benzene rings is 3. The van der Waals surface area contributed by atoms with Crippen LogP contribution >= 0.6 is 11.3 Å². The lowest BCUT2D eigenvalue weighted by Gasteiger charge is -2.44. The van der Waals surface area contributed by atoms with Crippen LogP contribution in [-0.4, -0.2) is 19.6 Å². The van der Waals surface area contributed by atoms with Gasteiger partial charge in [0.2, 0.25) is 0 Å². The smallest absolute Gasteiger partial charge is 0.169 e. The van der Waals surface area contributed by atoms with Crippen LogP contribution in [0.1, 0.15) is 65.5 Å². The molecule has 0 fully saturated rings. The van der Waals surface area contributed by atoms with Crippen LogP contribution in [0.15, 0.2) is 66.2 Å². The summed E-state index contributed by atoms with van der Waals surface area (Å²) < 4.78 is 8.31. The predicted molar refractivity (Wildman–Crippen MR) is 178 cm³/mol. The van der Waals surface area contributed by atoms with Crippen LogP contribution in [0.2, 0.25) is 16.6 Å². The van der Waals surface area contributed by atoms with Crippen LogP contribution in [0.5, 0.6) is 5.75 Å². The Balaban J connectivity index is 1.77. The normalized spacial score (nSPS) is 14.2. The first-order chi connectivity index (χ1) is 19.3. The third-order valence-electron chi connectivity index (χ3n) is 9.80. The molecule has 2 nitrogen and oxygen atoms in total. The molecule has 0 spiro atoms. The van der Waals surface area contributed by atoms with Crippen molar-refractivity contribution in [2.24, 2.45) is 0 Å². The quantitative estimate of drug-likeness (QED) is 0.179. The largest absolute Gasteiger partial charge is 0.497 e. The summed E-state index contributed by atoms with van der Waals surface area (Å²) in [5.74, 6) is 0.911. The fourth-order valence-electron chi connectivity index (χ4n) is 8.42. The van der Waals surface area contributed by atoms with Crippen LogP contribution < -0.4 is 4.74 Å². The molecule has 0 aliphatic heterocycles. The molecule has 2 aromatic heterocycles. The molecular weight excluding hydrogens is 523 g/mol. The highest BCUT2D eigenvalue weighted by atomic mass is 32.1. The summed E-state index contributed by atoms with van der Waals surface area (Å²) in [6, 6.07) is 20.7. The minimum absolute atomic E-state index is 0.647. The molecule has 5 aromatic rings. The molecule has 0 unspecified atom stereocenters. The summed E-state index contributed by atoms with van der Waals surface area (Å²) in [6.45, 7) is 14.8. The summed E-state index contributed by atoms with van der Waals surface area (Å²) in [4.78, 5) is 1.41. The second-order valence-corrected chi connectivity index (χ2v) is 19.2. The standard InChI is InChI=1S/C36H43NOSSi/c1-23(2)40(24(3)4,25(5)6)37-21-20-30-32(37)19-18-31-34(26-14-16-27(38-7)17-15-26)28-11-8-9-12-29(28)36(35(30)31)33-13-10-22-39-33/h10,13-25H,8-9,11-12H2,1-7H3. The number of thiophene rings is 1. The van der Waals surface area contributed by atoms with Crippen LogP contribution in [-0.2, 0) is 12.8 Å². The van der Waals surface area contributed by atoms with Crippen molar-refractivity contribution in [2.45, 2.75) is 83.8 Å². The van der Waals surface area contributed by atoms with Crippen molar-refractivity contribution in [3.63, 3.8) is 0 Å². The van der Waals surface area contributed by atoms with E-state index in [2.05, 4.69) is 112 Å². The molecule has 1 aliphatic carbocycles. The molecule has 208 valence electrons. The van der Waals surface area contributed by atoms with Crippen LogP contribution in [0.25, 0.3) is 43.2 Å². The van der Waals surface area contributed by atoms with Crippen molar-refractivity contribution in [1.29, 1.82) is 0 Å². The Kier molecular flexibility index (Phi) is 7.21. The number of rotatable bonds is 7. The highest BCUT2D eigenvalue weighted by Crippen LogP contribution is 2.50. The molecular formula is C36H43NOSSi. The van der Waals surface area contributed by atoms with Crippen molar-refractivity contribution >= 4 is 41.2 Å². The maximum absolute atomic E-state index is 5.53. The Hall–Kier alpha value is -2.82. The van der Waals surface area contributed by atoms with Gasteiger partial charge in [0.15, 0.2) is 8.24 Å². The Bertz CT molecular complexity index is 1640. The molecule has 0 amide bonds. The second-order valence-electron chi connectivity index (χ2n) is 12.6. The summed E-state index contributed by atoms with van der Waals surface area (Å²) in [6.07, 6.45) is 7.28. The van der Waals surface area contributed by atoms with E-state index in [-0.39, 0.29) is 0 Å². The average molecular weight is 566 g/mol. The SMILES string of the molecule is COc1ccc(-c2c3c(c(-c4cccs4)c4c2ccc2c4ccn2[Si](C(C)C)(C(C)C)C(C)C)CCCC3)cc1. The minimum Gasteiger partial charge on any atom is -0.497 e. The van der Waals surface area contributed by atoms with Gasteiger partial charge in [0, 0.05) is 26.7 Å². The van der Waals surface area contributed by atoms with Gasteiger partial charge in [-0.25, -0.2) is 0 Å². The maximum atomic E-state index is 5.53. The summed E-state index contributed by atoms with van der Waals surface area (Å²) in [5, 5.41) is 6.51. The zero-order valence-corrected chi connectivity index (χ0v) is 27.0. The number of ether oxygens (including phenoxy) is 1. The van der Waals surface area contributed by atoms with E-state index in [4.69, 9.17) is 4.74 Å². The summed E-state index contributed by atoms with van der Waals surface area (Å²) >= 11 is 1.89. The monoisotopic (exact) mass is 565 g/mol. The van der Waals surface area contributed by atoms with Gasteiger partial charge in [-0.15, -0.1) is 11.3 Å². The number of nitrogens with zero attached hydrogens (tertiary/aromatic N) is 1. The lowest BCUT2D eigenvalue weighted by atomic mass is 9.78. The molecule has 4 heteroatoms. The fourth-order valence-corrected chi connectivity index (χ4v) is 15.8. The second kappa shape index (κ2) is 10.5. The first-order valence-electron chi connectivity index (χ1n) is 15.1. The van der Waals surface area contributed by atoms with Crippen molar-refractivity contribution in [3.8, 4) is 27.3 Å². The number of aromatic nitrogens is 1. The molecule has 2 heterocycles. The Morgan fingerprint density at radius 2 is 1.40 bits per heavy atom. The lowest BCUT2D eigenvalue weighted by molar-refractivity contribution is 0.415. The summed E-state index contributed by atoms with van der Waals surface area (Å²) in [7, 11) is -0.150. The number of hydrogen-bond donors (Lipinski definition) is 0. The van der Waals surface area contributed by atoms with Gasteiger partial charge in [-0.1, -0.05) is 65.8 Å². The van der Waals surface area contributed by atoms with Gasteiger partial charge in [-0.05, 0) is 112 Å². The van der Waals surface area contributed by atoms with E-state index >= 15 is 0 Å². The number of hydrogen-bond acceptors (Lipinski definition) is 2. The minimum atomic E-state index is -1.90. The molecule has 40 heavy (non-hydrogen) atoms. The zero-order valence-electron chi connectivity index (χ0n) is 25.2. The van der Waals surface area contributed by atoms with E-state index < -0.39 is 8.24 Å². The molecule has 3 aromatic carbocycles. The van der Waals surface area contributed by atoms with E-state index in [0.29, 0.717) is 16.6 Å². The predicted octanol–water partition coefficient (Wildman–Crippen LogP) is 11.1. The van der Waals surface area contributed by atoms with Crippen molar-refractivity contribution in [3.05, 3.63) is 77.3 Å². The topological polar surface area (TPSA) is 14.2 Å². The van der Waals surface area contributed by atoms with Crippen LogP contribution in [0, 0.1) is 0 Å². The molecule has 1 aliphatic rings. The van der Waals surface area contributed by atoms with Gasteiger partial charge in [0.25, 0.3) is 0 Å². The molecule has 0 radical (unpaired) electrons. The van der Waals surface area contributed by atoms with E-state index in [1.807, 2.05) is 11.3 Å². The highest BCUT2D eigenvalue weighted by Gasteiger charge is 2.45. The first kappa shape index (κ1) is 27.4. The third kappa shape index (κ3) is 4.01.